The second-order valence-electron chi connectivity index (χ2n) is 4.52. The molecule has 1 aromatic carbocycles. The van der Waals surface area contributed by atoms with Gasteiger partial charge in [-0.2, -0.15) is 0 Å². The predicted molar refractivity (Wildman–Crippen MR) is 65.7 cm³/mol. The lowest BCUT2D eigenvalue weighted by atomic mass is 10.0. The lowest BCUT2D eigenvalue weighted by Crippen LogP contribution is -2.29. The summed E-state index contributed by atoms with van der Waals surface area (Å²) in [7, 11) is 2.07. The normalized spacial score (nSPS) is 13.4. The van der Waals surface area contributed by atoms with Gasteiger partial charge in [-0.3, -0.25) is 0 Å². The number of hydrogen-bond acceptors (Lipinski definition) is 2. The van der Waals surface area contributed by atoms with Crippen LogP contribution in [0.4, 0.5) is 4.39 Å². The van der Waals surface area contributed by atoms with E-state index in [9.17, 15) is 4.39 Å². The van der Waals surface area contributed by atoms with E-state index in [2.05, 4.69) is 25.8 Å². The molecule has 0 aromatic heterocycles. The van der Waals surface area contributed by atoms with Gasteiger partial charge in [0.15, 0.2) is 0 Å². The Labute approximate surface area is 97.3 Å². The minimum Gasteiger partial charge on any atom is -0.324 e. The Morgan fingerprint density at radius 2 is 2.06 bits per heavy atom. The molecule has 1 rings (SSSR count). The van der Waals surface area contributed by atoms with Crippen LogP contribution in [0.1, 0.15) is 31.9 Å². The van der Waals surface area contributed by atoms with Crippen LogP contribution in [0, 0.1) is 5.82 Å². The second kappa shape index (κ2) is 5.97. The van der Waals surface area contributed by atoms with Crippen LogP contribution in [0.3, 0.4) is 0 Å². The number of nitrogens with zero attached hydrogens (tertiary/aromatic N) is 1. The molecule has 2 nitrogen and oxygen atoms in total. The fourth-order valence-corrected chi connectivity index (χ4v) is 1.50. The lowest BCUT2D eigenvalue weighted by Gasteiger charge is -2.23. The quantitative estimate of drug-likeness (QED) is 0.833. The van der Waals surface area contributed by atoms with Gasteiger partial charge in [0, 0.05) is 12.1 Å². The Balaban J connectivity index is 2.49. The molecule has 2 N–H and O–H groups in total. The molecule has 0 aliphatic rings. The van der Waals surface area contributed by atoms with E-state index in [1.807, 2.05) is 6.07 Å². The van der Waals surface area contributed by atoms with Gasteiger partial charge < -0.3 is 10.6 Å². The Hall–Kier alpha value is -0.930. The van der Waals surface area contributed by atoms with E-state index >= 15 is 0 Å². The van der Waals surface area contributed by atoms with Gasteiger partial charge in [-0.1, -0.05) is 12.1 Å². The molecular weight excluding hydrogens is 203 g/mol. The highest BCUT2D eigenvalue weighted by Crippen LogP contribution is 2.15. The smallest absolute Gasteiger partial charge is 0.123 e. The second-order valence-corrected chi connectivity index (χ2v) is 4.52. The van der Waals surface area contributed by atoms with Crippen LogP contribution in [0.25, 0.3) is 0 Å². The maximum atomic E-state index is 13.0. The highest BCUT2D eigenvalue weighted by atomic mass is 19.1. The Morgan fingerprint density at radius 3 is 2.62 bits per heavy atom. The molecular formula is C13H21FN2. The lowest BCUT2D eigenvalue weighted by molar-refractivity contribution is 0.263. The van der Waals surface area contributed by atoms with E-state index in [1.165, 1.54) is 12.1 Å². The number of benzene rings is 1. The van der Waals surface area contributed by atoms with E-state index in [-0.39, 0.29) is 11.9 Å². The van der Waals surface area contributed by atoms with Crippen LogP contribution in [0.2, 0.25) is 0 Å². The molecule has 0 bridgehead atoms. The molecule has 90 valence electrons. The van der Waals surface area contributed by atoms with Crippen LogP contribution >= 0.6 is 0 Å². The van der Waals surface area contributed by atoms with Gasteiger partial charge >= 0.3 is 0 Å². The van der Waals surface area contributed by atoms with E-state index < -0.39 is 0 Å². The van der Waals surface area contributed by atoms with Crippen molar-refractivity contribution in [2.24, 2.45) is 5.73 Å². The van der Waals surface area contributed by atoms with Gasteiger partial charge in [0.05, 0.1) is 0 Å². The van der Waals surface area contributed by atoms with Crippen molar-refractivity contribution in [3.63, 3.8) is 0 Å². The Morgan fingerprint density at radius 1 is 1.38 bits per heavy atom. The number of hydrogen-bond donors (Lipinski definition) is 1. The van der Waals surface area contributed by atoms with E-state index in [0.717, 1.165) is 18.5 Å². The van der Waals surface area contributed by atoms with Crippen molar-refractivity contribution in [3.8, 4) is 0 Å². The maximum Gasteiger partial charge on any atom is 0.123 e. The Kier molecular flexibility index (Phi) is 4.90. The van der Waals surface area contributed by atoms with Crippen molar-refractivity contribution in [3.05, 3.63) is 35.6 Å². The van der Waals surface area contributed by atoms with Crippen LogP contribution in [-0.4, -0.2) is 24.5 Å². The maximum absolute atomic E-state index is 13.0. The van der Waals surface area contributed by atoms with Crippen molar-refractivity contribution in [1.82, 2.24) is 4.90 Å². The monoisotopic (exact) mass is 224 g/mol. The third-order valence-corrected chi connectivity index (χ3v) is 2.95. The van der Waals surface area contributed by atoms with Crippen molar-refractivity contribution in [2.75, 3.05) is 13.6 Å². The molecule has 1 aromatic rings. The van der Waals surface area contributed by atoms with Crippen LogP contribution in [-0.2, 0) is 0 Å². The summed E-state index contributed by atoms with van der Waals surface area (Å²) in [5.41, 5.74) is 6.89. The van der Waals surface area contributed by atoms with Crippen molar-refractivity contribution in [2.45, 2.75) is 32.4 Å². The van der Waals surface area contributed by atoms with E-state index in [4.69, 9.17) is 5.73 Å². The highest BCUT2D eigenvalue weighted by Gasteiger charge is 2.09. The van der Waals surface area contributed by atoms with Gasteiger partial charge in [-0.25, -0.2) is 4.39 Å². The zero-order valence-electron chi connectivity index (χ0n) is 10.3. The minimum absolute atomic E-state index is 0.0862. The summed E-state index contributed by atoms with van der Waals surface area (Å²) >= 11 is 0. The van der Waals surface area contributed by atoms with Crippen molar-refractivity contribution < 1.29 is 4.39 Å². The molecule has 0 amide bonds. The van der Waals surface area contributed by atoms with Crippen molar-refractivity contribution >= 4 is 0 Å². The van der Waals surface area contributed by atoms with E-state index in [1.54, 1.807) is 6.07 Å². The zero-order chi connectivity index (χ0) is 12.1. The van der Waals surface area contributed by atoms with Gasteiger partial charge in [0.2, 0.25) is 0 Å². The van der Waals surface area contributed by atoms with Crippen molar-refractivity contribution in [1.29, 1.82) is 0 Å². The first-order chi connectivity index (χ1) is 7.50. The van der Waals surface area contributed by atoms with Gasteiger partial charge in [-0.15, -0.1) is 0 Å². The molecule has 0 heterocycles. The molecule has 3 heteroatoms. The summed E-state index contributed by atoms with van der Waals surface area (Å²) in [5, 5.41) is 0. The molecule has 0 saturated heterocycles. The number of nitrogens with two attached hydrogens (primary N) is 1. The zero-order valence-corrected chi connectivity index (χ0v) is 10.3. The summed E-state index contributed by atoms with van der Waals surface area (Å²) in [6.45, 7) is 5.22. The van der Waals surface area contributed by atoms with Crippen LogP contribution in [0.15, 0.2) is 24.3 Å². The number of rotatable bonds is 5. The molecule has 0 saturated carbocycles. The first kappa shape index (κ1) is 13.1. The highest BCUT2D eigenvalue weighted by molar-refractivity contribution is 5.19. The molecule has 1 unspecified atom stereocenters. The summed E-state index contributed by atoms with van der Waals surface area (Å²) in [4.78, 5) is 2.24. The average Bonchev–Trinajstić information content (AvgIpc) is 2.25. The molecule has 0 spiro atoms. The fourth-order valence-electron chi connectivity index (χ4n) is 1.50. The van der Waals surface area contributed by atoms with Gasteiger partial charge in [0.1, 0.15) is 5.82 Å². The van der Waals surface area contributed by atoms with E-state index in [0.29, 0.717) is 6.04 Å². The first-order valence-corrected chi connectivity index (χ1v) is 5.72. The van der Waals surface area contributed by atoms with Crippen LogP contribution < -0.4 is 5.73 Å². The SMILES string of the molecule is CC(C)N(C)CCC(N)c1cccc(F)c1. The summed E-state index contributed by atoms with van der Waals surface area (Å²) in [5.74, 6) is -0.217. The molecule has 16 heavy (non-hydrogen) atoms. The number of halogens is 1. The van der Waals surface area contributed by atoms with Gasteiger partial charge in [-0.05, 0) is 51.6 Å². The molecule has 0 aliphatic heterocycles. The Bertz CT molecular complexity index is 325. The minimum atomic E-state index is -0.217. The standard InChI is InChI=1S/C13H21FN2/c1-10(2)16(3)8-7-13(15)11-5-4-6-12(14)9-11/h4-6,9-10,13H,7-8,15H2,1-3H3. The average molecular weight is 224 g/mol. The summed E-state index contributed by atoms with van der Waals surface area (Å²) in [6.07, 6.45) is 0.845. The molecule has 1 atom stereocenters. The van der Waals surface area contributed by atoms with Gasteiger partial charge in [0.25, 0.3) is 0 Å². The first-order valence-electron chi connectivity index (χ1n) is 5.72. The largest absolute Gasteiger partial charge is 0.324 e. The molecule has 0 aliphatic carbocycles. The summed E-state index contributed by atoms with van der Waals surface area (Å²) in [6, 6.07) is 6.97. The topological polar surface area (TPSA) is 29.3 Å². The fraction of sp³-hybridized carbons (Fsp3) is 0.538. The van der Waals surface area contributed by atoms with Crippen LogP contribution in [0.5, 0.6) is 0 Å². The molecule has 0 radical (unpaired) electrons. The third-order valence-electron chi connectivity index (χ3n) is 2.95. The molecule has 0 fully saturated rings. The third kappa shape index (κ3) is 3.91. The summed E-state index contributed by atoms with van der Waals surface area (Å²) < 4.78 is 13.0. The predicted octanol–water partition coefficient (Wildman–Crippen LogP) is 2.56.